The zero-order valence-corrected chi connectivity index (χ0v) is 11.5. The van der Waals surface area contributed by atoms with Gasteiger partial charge in [0, 0.05) is 11.1 Å². The molecule has 0 bridgehead atoms. The van der Waals surface area contributed by atoms with Crippen molar-refractivity contribution in [2.75, 3.05) is 0 Å². The van der Waals surface area contributed by atoms with Gasteiger partial charge in [0.15, 0.2) is 0 Å². The topological polar surface area (TPSA) is 92.5 Å². The number of hydrogen-bond acceptors (Lipinski definition) is 4. The molecule has 2 rings (SSSR count). The van der Waals surface area contributed by atoms with Crippen molar-refractivity contribution in [1.29, 1.82) is 0 Å². The summed E-state index contributed by atoms with van der Waals surface area (Å²) in [5, 5.41) is 19.5. The quantitative estimate of drug-likeness (QED) is 0.512. The summed E-state index contributed by atoms with van der Waals surface area (Å²) in [5.41, 5.74) is 13.4. The third-order valence-electron chi connectivity index (χ3n) is 3.04. The molecule has 4 nitrogen and oxygen atoms in total. The maximum Gasteiger partial charge on any atom is 0.122 e. The smallest absolute Gasteiger partial charge is 0.122 e. The van der Waals surface area contributed by atoms with Gasteiger partial charge in [-0.25, -0.2) is 0 Å². The van der Waals surface area contributed by atoms with Crippen LogP contribution in [0.25, 0.3) is 12.2 Å². The van der Waals surface area contributed by atoms with Gasteiger partial charge in [0.05, 0.1) is 6.17 Å². The number of aromatic hydroxyl groups is 2. The molecular weight excluding hydrogens is 264 g/mol. The molecule has 0 fully saturated rings. The SMILES string of the molecule is NC(N)C(C=Cc1ccccc1O)=Cc1ccccc1O. The Bertz CT molecular complexity index is 676. The van der Waals surface area contributed by atoms with E-state index in [1.165, 1.54) is 0 Å². The van der Waals surface area contributed by atoms with Crippen molar-refractivity contribution in [2.45, 2.75) is 6.17 Å². The third kappa shape index (κ3) is 3.95. The molecule has 108 valence electrons. The van der Waals surface area contributed by atoms with Crippen LogP contribution in [-0.4, -0.2) is 16.4 Å². The molecule has 0 heterocycles. The largest absolute Gasteiger partial charge is 0.507 e. The fourth-order valence-electron chi connectivity index (χ4n) is 1.86. The maximum atomic E-state index is 9.78. The van der Waals surface area contributed by atoms with E-state index in [4.69, 9.17) is 11.5 Å². The summed E-state index contributed by atoms with van der Waals surface area (Å²) in [7, 11) is 0. The summed E-state index contributed by atoms with van der Waals surface area (Å²) in [6, 6.07) is 13.9. The zero-order valence-electron chi connectivity index (χ0n) is 11.5. The van der Waals surface area contributed by atoms with E-state index in [-0.39, 0.29) is 11.5 Å². The fraction of sp³-hybridized carbons (Fsp3) is 0.0588. The van der Waals surface area contributed by atoms with Crippen LogP contribution in [0.5, 0.6) is 11.5 Å². The summed E-state index contributed by atoms with van der Waals surface area (Å²) in [6.07, 6.45) is 4.49. The molecule has 0 unspecified atom stereocenters. The Hall–Kier alpha value is -2.56. The molecule has 0 amide bonds. The Morgan fingerprint density at radius 1 is 0.857 bits per heavy atom. The first-order valence-corrected chi connectivity index (χ1v) is 6.55. The van der Waals surface area contributed by atoms with Gasteiger partial charge >= 0.3 is 0 Å². The van der Waals surface area contributed by atoms with Crippen molar-refractivity contribution in [2.24, 2.45) is 11.5 Å². The normalized spacial score (nSPS) is 12.2. The summed E-state index contributed by atoms with van der Waals surface area (Å²) in [4.78, 5) is 0. The highest BCUT2D eigenvalue weighted by Gasteiger charge is 2.04. The van der Waals surface area contributed by atoms with Crippen molar-refractivity contribution in [1.82, 2.24) is 0 Å². The van der Waals surface area contributed by atoms with E-state index in [0.29, 0.717) is 16.7 Å². The second-order valence-corrected chi connectivity index (χ2v) is 4.62. The van der Waals surface area contributed by atoms with Gasteiger partial charge in [-0.1, -0.05) is 48.6 Å². The number of rotatable bonds is 4. The van der Waals surface area contributed by atoms with Crippen LogP contribution in [0, 0.1) is 0 Å². The average Bonchev–Trinajstić information content (AvgIpc) is 2.46. The van der Waals surface area contributed by atoms with E-state index in [1.807, 2.05) is 12.1 Å². The number of phenols is 2. The molecule has 0 spiro atoms. The van der Waals surface area contributed by atoms with Crippen molar-refractivity contribution < 1.29 is 10.2 Å². The Morgan fingerprint density at radius 2 is 1.38 bits per heavy atom. The molecule has 0 aliphatic rings. The molecule has 0 aliphatic heterocycles. The summed E-state index contributed by atoms with van der Waals surface area (Å²) >= 11 is 0. The van der Waals surface area contributed by atoms with Crippen LogP contribution >= 0.6 is 0 Å². The van der Waals surface area contributed by atoms with Crippen LogP contribution in [0.1, 0.15) is 11.1 Å². The highest BCUT2D eigenvalue weighted by atomic mass is 16.3. The molecular formula is C17H18N2O2. The van der Waals surface area contributed by atoms with Gasteiger partial charge in [-0.3, -0.25) is 0 Å². The van der Waals surface area contributed by atoms with E-state index in [9.17, 15) is 10.2 Å². The number of benzene rings is 2. The van der Waals surface area contributed by atoms with Gasteiger partial charge in [-0.15, -0.1) is 0 Å². The van der Waals surface area contributed by atoms with Gasteiger partial charge in [0.25, 0.3) is 0 Å². The average molecular weight is 282 g/mol. The minimum atomic E-state index is -0.688. The second kappa shape index (κ2) is 6.74. The first kappa shape index (κ1) is 14.8. The number of nitrogens with two attached hydrogens (primary N) is 2. The lowest BCUT2D eigenvalue weighted by molar-refractivity contribution is 0.473. The minimum absolute atomic E-state index is 0.159. The van der Waals surface area contributed by atoms with E-state index >= 15 is 0 Å². The Morgan fingerprint density at radius 3 is 1.90 bits per heavy atom. The van der Waals surface area contributed by atoms with Gasteiger partial charge in [0.2, 0.25) is 0 Å². The molecule has 21 heavy (non-hydrogen) atoms. The molecule has 0 radical (unpaired) electrons. The summed E-state index contributed by atoms with van der Waals surface area (Å²) in [5.74, 6) is 0.341. The van der Waals surface area contributed by atoms with Crippen LogP contribution in [0.4, 0.5) is 0 Å². The zero-order chi connectivity index (χ0) is 15.2. The molecule has 0 aliphatic carbocycles. The molecule has 6 N–H and O–H groups in total. The fourth-order valence-corrected chi connectivity index (χ4v) is 1.86. The van der Waals surface area contributed by atoms with E-state index in [0.717, 1.165) is 0 Å². The van der Waals surface area contributed by atoms with Crippen molar-refractivity contribution in [3.8, 4) is 11.5 Å². The number of para-hydroxylation sites is 2. The lowest BCUT2D eigenvalue weighted by Gasteiger charge is -2.08. The van der Waals surface area contributed by atoms with Gasteiger partial charge < -0.3 is 21.7 Å². The maximum absolute atomic E-state index is 9.78. The van der Waals surface area contributed by atoms with Crippen molar-refractivity contribution >= 4 is 12.2 Å². The van der Waals surface area contributed by atoms with Gasteiger partial charge in [-0.05, 0) is 23.8 Å². The summed E-state index contributed by atoms with van der Waals surface area (Å²) in [6.45, 7) is 0. The van der Waals surface area contributed by atoms with Crippen LogP contribution in [0.2, 0.25) is 0 Å². The predicted molar refractivity (Wildman–Crippen MR) is 85.4 cm³/mol. The van der Waals surface area contributed by atoms with Crippen LogP contribution in [-0.2, 0) is 0 Å². The van der Waals surface area contributed by atoms with Crippen molar-refractivity contribution in [3.05, 3.63) is 71.3 Å². The molecule has 0 atom stereocenters. The molecule has 2 aromatic rings. The highest BCUT2D eigenvalue weighted by Crippen LogP contribution is 2.22. The molecule has 0 aromatic heterocycles. The standard InChI is InChI=1S/C17H18N2O2/c18-17(19)14(11-13-6-2-4-8-16(13)21)10-9-12-5-1-3-7-15(12)20/h1-11,17,20-21H,18-19H2. The van der Waals surface area contributed by atoms with Crippen LogP contribution < -0.4 is 11.5 Å². The van der Waals surface area contributed by atoms with Crippen LogP contribution in [0.3, 0.4) is 0 Å². The predicted octanol–water partition coefficient (Wildman–Crippen LogP) is 2.44. The summed E-state index contributed by atoms with van der Waals surface area (Å²) < 4.78 is 0. The van der Waals surface area contributed by atoms with Crippen molar-refractivity contribution in [3.63, 3.8) is 0 Å². The van der Waals surface area contributed by atoms with Gasteiger partial charge in [0.1, 0.15) is 11.5 Å². The minimum Gasteiger partial charge on any atom is -0.507 e. The molecule has 0 saturated heterocycles. The van der Waals surface area contributed by atoms with E-state index in [2.05, 4.69) is 0 Å². The van der Waals surface area contributed by atoms with E-state index < -0.39 is 6.17 Å². The molecule has 4 heteroatoms. The lowest BCUT2D eigenvalue weighted by atomic mass is 10.1. The lowest BCUT2D eigenvalue weighted by Crippen LogP contribution is -2.31. The third-order valence-corrected chi connectivity index (χ3v) is 3.04. The van der Waals surface area contributed by atoms with Gasteiger partial charge in [-0.2, -0.15) is 0 Å². The first-order chi connectivity index (χ1) is 10.1. The van der Waals surface area contributed by atoms with E-state index in [1.54, 1.807) is 54.6 Å². The Kier molecular flexibility index (Phi) is 4.77. The molecule has 2 aromatic carbocycles. The Balaban J connectivity index is 2.33. The molecule has 0 saturated carbocycles. The Labute approximate surface area is 123 Å². The number of hydrogen-bond donors (Lipinski definition) is 4. The van der Waals surface area contributed by atoms with Crippen LogP contribution in [0.15, 0.2) is 60.2 Å². The first-order valence-electron chi connectivity index (χ1n) is 6.55. The monoisotopic (exact) mass is 282 g/mol. The number of phenolic OH excluding ortho intramolecular Hbond substituents is 2. The highest BCUT2D eigenvalue weighted by molar-refractivity contribution is 5.67. The second-order valence-electron chi connectivity index (χ2n) is 4.62.